The average Bonchev–Trinajstić information content (AvgIpc) is 2.82. The molecule has 0 aromatic heterocycles. The van der Waals surface area contributed by atoms with Crippen LogP contribution in [0, 0.1) is 17.6 Å². The zero-order valence-corrected chi connectivity index (χ0v) is 11.4. The van der Waals surface area contributed by atoms with E-state index < -0.39 is 11.6 Å². The molecule has 1 heterocycles. The Labute approximate surface area is 116 Å². The molecule has 1 aromatic carbocycles. The zero-order chi connectivity index (χ0) is 14.7. The minimum absolute atomic E-state index is 0.120. The fraction of sp³-hybridized carbons (Fsp3) is 0.500. The summed E-state index contributed by atoms with van der Waals surface area (Å²) in [6.45, 7) is 3.83. The van der Waals surface area contributed by atoms with Crippen LogP contribution in [0.4, 0.5) is 14.5 Å². The maximum atomic E-state index is 13.0. The van der Waals surface area contributed by atoms with Gasteiger partial charge in [0.15, 0.2) is 11.6 Å². The molecular weight excluding hydrogens is 264 g/mol. The van der Waals surface area contributed by atoms with Gasteiger partial charge in [0.1, 0.15) is 0 Å². The van der Waals surface area contributed by atoms with Gasteiger partial charge in [0, 0.05) is 24.3 Å². The van der Waals surface area contributed by atoms with E-state index in [-0.39, 0.29) is 24.2 Å². The molecular formula is C14H19F2N3O. The summed E-state index contributed by atoms with van der Waals surface area (Å²) in [6.07, 6.45) is 0.982. The monoisotopic (exact) mass is 283 g/mol. The normalized spacial score (nSPS) is 20.9. The summed E-state index contributed by atoms with van der Waals surface area (Å²) >= 11 is 0. The number of nitrogens with one attached hydrogen (secondary N) is 1. The molecule has 20 heavy (non-hydrogen) atoms. The summed E-state index contributed by atoms with van der Waals surface area (Å²) in [5, 5.41) is 2.56. The van der Waals surface area contributed by atoms with Crippen LogP contribution in [-0.2, 0) is 4.79 Å². The lowest BCUT2D eigenvalue weighted by Crippen LogP contribution is -2.34. The fourth-order valence-corrected chi connectivity index (χ4v) is 2.41. The maximum Gasteiger partial charge on any atom is 0.238 e. The van der Waals surface area contributed by atoms with E-state index in [0.717, 1.165) is 31.6 Å². The van der Waals surface area contributed by atoms with Gasteiger partial charge in [-0.15, -0.1) is 0 Å². The maximum absolute atomic E-state index is 13.0. The first-order chi connectivity index (χ1) is 9.45. The van der Waals surface area contributed by atoms with Crippen molar-refractivity contribution in [3.05, 3.63) is 29.8 Å². The van der Waals surface area contributed by atoms with Crippen LogP contribution in [0.5, 0.6) is 0 Å². The second-order valence-corrected chi connectivity index (χ2v) is 5.32. The molecule has 1 fully saturated rings. The van der Waals surface area contributed by atoms with Crippen LogP contribution < -0.4 is 11.1 Å². The van der Waals surface area contributed by atoms with Crippen molar-refractivity contribution in [1.29, 1.82) is 0 Å². The minimum Gasteiger partial charge on any atom is -0.328 e. The molecule has 0 spiro atoms. The van der Waals surface area contributed by atoms with Crippen LogP contribution in [0.2, 0.25) is 0 Å². The number of benzene rings is 1. The lowest BCUT2D eigenvalue weighted by molar-refractivity contribution is -0.117. The van der Waals surface area contributed by atoms with Gasteiger partial charge in [0.05, 0.1) is 6.54 Å². The first-order valence-electron chi connectivity index (χ1n) is 6.68. The van der Waals surface area contributed by atoms with Crippen molar-refractivity contribution < 1.29 is 13.6 Å². The van der Waals surface area contributed by atoms with E-state index in [2.05, 4.69) is 5.32 Å². The number of anilines is 1. The van der Waals surface area contributed by atoms with Crippen molar-refractivity contribution in [2.24, 2.45) is 11.7 Å². The van der Waals surface area contributed by atoms with Crippen molar-refractivity contribution in [2.75, 3.05) is 25.0 Å². The summed E-state index contributed by atoms with van der Waals surface area (Å²) < 4.78 is 25.8. The van der Waals surface area contributed by atoms with Crippen LogP contribution in [-0.4, -0.2) is 36.5 Å². The summed E-state index contributed by atoms with van der Waals surface area (Å²) in [5.74, 6) is -1.73. The van der Waals surface area contributed by atoms with Gasteiger partial charge in [0.2, 0.25) is 5.91 Å². The van der Waals surface area contributed by atoms with E-state index in [9.17, 15) is 13.6 Å². The summed E-state index contributed by atoms with van der Waals surface area (Å²) in [6, 6.07) is 3.43. The highest BCUT2D eigenvalue weighted by Crippen LogP contribution is 2.18. The van der Waals surface area contributed by atoms with Gasteiger partial charge in [-0.2, -0.15) is 0 Å². The predicted molar refractivity (Wildman–Crippen MR) is 73.2 cm³/mol. The van der Waals surface area contributed by atoms with Crippen molar-refractivity contribution in [2.45, 2.75) is 19.4 Å². The van der Waals surface area contributed by atoms with Gasteiger partial charge in [-0.1, -0.05) is 0 Å². The summed E-state index contributed by atoms with van der Waals surface area (Å²) in [7, 11) is 0. The molecule has 0 saturated carbocycles. The number of nitrogens with zero attached hydrogens (tertiary/aromatic N) is 1. The summed E-state index contributed by atoms with van der Waals surface area (Å²) in [4.78, 5) is 13.9. The Morgan fingerprint density at radius 2 is 2.25 bits per heavy atom. The highest BCUT2D eigenvalue weighted by atomic mass is 19.2. The Kier molecular flexibility index (Phi) is 4.67. The molecule has 2 atom stereocenters. The molecule has 1 amide bonds. The third-order valence-corrected chi connectivity index (χ3v) is 3.62. The Bertz CT molecular complexity index is 493. The molecule has 0 bridgehead atoms. The Morgan fingerprint density at radius 1 is 1.50 bits per heavy atom. The number of carbonyl (C=O) groups excluding carboxylic acids is 1. The minimum atomic E-state index is -0.971. The number of halogens is 2. The van der Waals surface area contributed by atoms with E-state index in [1.54, 1.807) is 0 Å². The van der Waals surface area contributed by atoms with E-state index in [0.29, 0.717) is 5.92 Å². The molecule has 0 radical (unpaired) electrons. The van der Waals surface area contributed by atoms with Crippen LogP contribution in [0.3, 0.4) is 0 Å². The quantitative estimate of drug-likeness (QED) is 0.882. The zero-order valence-electron chi connectivity index (χ0n) is 11.4. The van der Waals surface area contributed by atoms with Crippen LogP contribution in [0.15, 0.2) is 18.2 Å². The van der Waals surface area contributed by atoms with Gasteiger partial charge < -0.3 is 11.1 Å². The van der Waals surface area contributed by atoms with Crippen molar-refractivity contribution in [1.82, 2.24) is 4.90 Å². The second-order valence-electron chi connectivity index (χ2n) is 5.32. The third-order valence-electron chi connectivity index (χ3n) is 3.62. The van der Waals surface area contributed by atoms with Gasteiger partial charge in [-0.3, -0.25) is 9.69 Å². The van der Waals surface area contributed by atoms with Gasteiger partial charge in [-0.25, -0.2) is 8.78 Å². The first kappa shape index (κ1) is 14.9. The number of nitrogens with two attached hydrogens (primary N) is 1. The molecule has 6 heteroatoms. The fourth-order valence-electron chi connectivity index (χ4n) is 2.41. The van der Waals surface area contributed by atoms with Crippen molar-refractivity contribution in [3.63, 3.8) is 0 Å². The lowest BCUT2D eigenvalue weighted by atomic mass is 10.0. The smallest absolute Gasteiger partial charge is 0.238 e. The SMILES string of the molecule is CC(N)C1CCN(CC(=O)Nc2ccc(F)c(F)c2)C1. The number of hydrogen-bond donors (Lipinski definition) is 2. The number of carbonyl (C=O) groups is 1. The standard InChI is InChI=1S/C14H19F2N3O/c1-9(17)10-4-5-19(7-10)8-14(20)18-11-2-3-12(15)13(16)6-11/h2-3,6,9-10H,4-5,7-8,17H2,1H3,(H,18,20). The van der Waals surface area contributed by atoms with Gasteiger partial charge in [0.25, 0.3) is 0 Å². The van der Waals surface area contributed by atoms with Gasteiger partial charge >= 0.3 is 0 Å². The van der Waals surface area contributed by atoms with Crippen LogP contribution in [0.25, 0.3) is 0 Å². The largest absolute Gasteiger partial charge is 0.328 e. The number of hydrogen-bond acceptors (Lipinski definition) is 3. The highest BCUT2D eigenvalue weighted by Gasteiger charge is 2.26. The molecule has 2 rings (SSSR count). The number of likely N-dealkylation sites (tertiary alicyclic amines) is 1. The molecule has 1 aliphatic rings. The average molecular weight is 283 g/mol. The second kappa shape index (κ2) is 6.28. The highest BCUT2D eigenvalue weighted by molar-refractivity contribution is 5.92. The molecule has 2 unspecified atom stereocenters. The van der Waals surface area contributed by atoms with E-state index in [1.165, 1.54) is 6.07 Å². The van der Waals surface area contributed by atoms with Crippen LogP contribution >= 0.6 is 0 Å². The number of rotatable bonds is 4. The third kappa shape index (κ3) is 3.74. The molecule has 1 saturated heterocycles. The van der Waals surface area contributed by atoms with Gasteiger partial charge in [-0.05, 0) is 37.9 Å². The van der Waals surface area contributed by atoms with Crippen molar-refractivity contribution in [3.8, 4) is 0 Å². The Hall–Kier alpha value is -1.53. The van der Waals surface area contributed by atoms with E-state index in [4.69, 9.17) is 5.73 Å². The number of amides is 1. The van der Waals surface area contributed by atoms with E-state index in [1.807, 2.05) is 11.8 Å². The predicted octanol–water partition coefficient (Wildman–Crippen LogP) is 1.57. The lowest BCUT2D eigenvalue weighted by Gasteiger charge is -2.17. The molecule has 0 aliphatic carbocycles. The molecule has 1 aromatic rings. The van der Waals surface area contributed by atoms with Crippen LogP contribution in [0.1, 0.15) is 13.3 Å². The Morgan fingerprint density at radius 3 is 2.85 bits per heavy atom. The van der Waals surface area contributed by atoms with E-state index >= 15 is 0 Å². The van der Waals surface area contributed by atoms with Crippen molar-refractivity contribution >= 4 is 11.6 Å². The summed E-state index contributed by atoms with van der Waals surface area (Å²) in [5.41, 5.74) is 6.10. The topological polar surface area (TPSA) is 58.4 Å². The Balaban J connectivity index is 1.85. The molecule has 3 N–H and O–H groups in total. The molecule has 4 nitrogen and oxygen atoms in total. The molecule has 1 aliphatic heterocycles. The molecule has 110 valence electrons. The first-order valence-corrected chi connectivity index (χ1v) is 6.68.